The van der Waals surface area contributed by atoms with E-state index in [4.69, 9.17) is 94.9 Å². The molecule has 0 radical (unpaired) electrons. The van der Waals surface area contributed by atoms with Crippen molar-refractivity contribution in [1.29, 1.82) is 0 Å². The lowest BCUT2D eigenvalue weighted by molar-refractivity contribution is -0.152. The third-order valence-corrected chi connectivity index (χ3v) is 61.4. The fourth-order valence-corrected chi connectivity index (χ4v) is 69.5. The maximum Gasteiger partial charge on any atom is 0.488 e. The van der Waals surface area contributed by atoms with Crippen molar-refractivity contribution in [2.24, 2.45) is 0 Å². The van der Waals surface area contributed by atoms with Gasteiger partial charge in [0.25, 0.3) is 0 Å². The molecule has 0 fully saturated rings. The average molecular weight is 1480 g/mol. The summed E-state index contributed by atoms with van der Waals surface area (Å²) in [5.41, 5.74) is 0. The SMILES string of the molecule is CCOC(=O)CC(NCCC[Si](OC)(O[Si](C)(C)O[Si](C)(C)O[Si](C)(C)O[Si](C)(OC)OC)O[Si](C)(C)O[Si](C)(C)O[Si](C)(C)O[Si](CCCNC(CC(=O)OC)C(=O)OC)(OC)O[Si](C)(C)O[Si](C)(C)O[Si](C)(C)O[Si](C)(OC)OC)C(=O)OCC. The van der Waals surface area contributed by atoms with Crippen molar-refractivity contribution in [2.75, 3.05) is 83.2 Å². The second-order valence-corrected chi connectivity index (χ2v) is 69.0. The molecule has 0 saturated heterocycles. The lowest BCUT2D eigenvalue weighted by atomic mass is 10.2. The molecule has 28 nitrogen and oxygen atoms in total. The van der Waals surface area contributed by atoms with Crippen LogP contribution in [0.25, 0.3) is 0 Å². The highest BCUT2D eigenvalue weighted by molar-refractivity contribution is 6.93. The Labute approximate surface area is 535 Å². The van der Waals surface area contributed by atoms with Crippen LogP contribution in [-0.2, 0) is 114 Å². The molecule has 0 bridgehead atoms. The number of hydrogen-bond donors (Lipinski definition) is 2. The van der Waals surface area contributed by atoms with Gasteiger partial charge in [-0.25, -0.2) is 0 Å². The molecule has 4 atom stereocenters. The zero-order valence-corrected chi connectivity index (χ0v) is 71.3. The van der Waals surface area contributed by atoms with E-state index in [9.17, 15) is 19.2 Å². The topological polar surface area (TPSA) is 295 Å². The molecule has 0 aromatic carbocycles. The molecule has 0 aliphatic rings. The van der Waals surface area contributed by atoms with Crippen molar-refractivity contribution in [3.8, 4) is 0 Å². The van der Waals surface area contributed by atoms with E-state index < -0.39 is 148 Å². The summed E-state index contributed by atoms with van der Waals surface area (Å²) in [6, 6.07) is -1.49. The van der Waals surface area contributed by atoms with Crippen molar-refractivity contribution < 1.29 is 114 Å². The first-order valence-electron chi connectivity index (χ1n) is 29.1. The van der Waals surface area contributed by atoms with Crippen LogP contribution in [-0.4, -0.2) is 231 Å². The average Bonchev–Trinajstić information content (AvgIpc) is 2.00. The van der Waals surface area contributed by atoms with E-state index in [2.05, 4.69) is 10.6 Å². The fourth-order valence-electron chi connectivity index (χ4n) is 9.74. The normalized spacial score (nSPS) is 16.0. The lowest BCUT2D eigenvalue weighted by Crippen LogP contribution is -2.65. The van der Waals surface area contributed by atoms with Gasteiger partial charge < -0.3 is 106 Å². The van der Waals surface area contributed by atoms with Gasteiger partial charge in [-0.05, 0) is 158 Å². The van der Waals surface area contributed by atoms with E-state index >= 15 is 0 Å². The van der Waals surface area contributed by atoms with Gasteiger partial charge in [0.15, 0.2) is 0 Å². The van der Waals surface area contributed by atoms with Crippen LogP contribution in [0, 0.1) is 0 Å². The maximum atomic E-state index is 13.1. The summed E-state index contributed by atoms with van der Waals surface area (Å²) in [5.74, 6) is -2.34. The number of ether oxygens (including phenoxy) is 4. The van der Waals surface area contributed by atoms with Crippen LogP contribution in [0.2, 0.25) is 143 Å². The second-order valence-electron chi connectivity index (χ2n) is 24.4. The number of methoxy groups -OCH3 is 2. The largest absolute Gasteiger partial charge is 0.488 e. The molecule has 0 saturated carbocycles. The summed E-state index contributed by atoms with van der Waals surface area (Å²) in [7, 11) is -30.7. The molecule has 87 heavy (non-hydrogen) atoms. The van der Waals surface area contributed by atoms with Gasteiger partial charge in [0.05, 0.1) is 40.3 Å². The Balaban J connectivity index is 7.43. The molecular formula is C46H114N2O26Si13. The van der Waals surface area contributed by atoms with E-state index in [1.165, 1.54) is 28.4 Å². The molecule has 0 rings (SSSR count). The van der Waals surface area contributed by atoms with Gasteiger partial charge in [0.2, 0.25) is 0 Å². The molecule has 0 spiro atoms. The van der Waals surface area contributed by atoms with Crippen molar-refractivity contribution in [3.63, 3.8) is 0 Å². The van der Waals surface area contributed by atoms with E-state index in [1.54, 1.807) is 55.4 Å². The van der Waals surface area contributed by atoms with Crippen molar-refractivity contribution >= 4 is 136 Å². The molecule has 2 N–H and O–H groups in total. The van der Waals surface area contributed by atoms with E-state index in [-0.39, 0.29) is 51.2 Å². The summed E-state index contributed by atoms with van der Waals surface area (Å²) >= 11 is 0. The van der Waals surface area contributed by atoms with Crippen LogP contribution < -0.4 is 10.6 Å². The molecular weight excluding hydrogens is 1360 g/mol. The van der Waals surface area contributed by atoms with Crippen LogP contribution in [0.5, 0.6) is 0 Å². The van der Waals surface area contributed by atoms with Crippen LogP contribution >= 0.6 is 0 Å². The standard InChI is InChI=1S/C46H114N2O26Si13/c1-31-61-44(50)40-42(46(52)62-32-2)48-36-34-38-87(60-10,72-81(23,24)66-76(13,14)64-79(19,20)70-85(30,57-7)58-8)74-83(27,28)68-77(15,16)67-82(25,26)73-86(59-9,37-33-35-47-41(45(51)54-4)39-43(49)53-3)71-80(21,22)65-75(11,12)63-78(17,18)69-84(29,55-5)56-6/h41-42,47-48H,31-40H2,1-30H3. The molecule has 0 aliphatic heterocycles. The van der Waals surface area contributed by atoms with Gasteiger partial charge >= 0.3 is 136 Å². The number of carbonyl (C=O) groups excluding carboxylic acids is 4. The number of rotatable bonds is 48. The fraction of sp³-hybridized carbons (Fsp3) is 0.913. The van der Waals surface area contributed by atoms with E-state index in [1.807, 2.05) is 118 Å². The molecule has 0 heterocycles. The van der Waals surface area contributed by atoms with Crippen LogP contribution in [0.1, 0.15) is 39.5 Å². The Kier molecular flexibility index (Phi) is 36.7. The summed E-state index contributed by atoms with van der Waals surface area (Å²) in [6.07, 6.45) is 0.245. The molecule has 0 aromatic heterocycles. The Hall–Kier alpha value is -0.101. The summed E-state index contributed by atoms with van der Waals surface area (Å²) in [6.45, 7) is 42.0. The first kappa shape index (κ1) is 86.9. The molecule has 41 heteroatoms. The van der Waals surface area contributed by atoms with Gasteiger partial charge in [-0.15, -0.1) is 0 Å². The summed E-state index contributed by atoms with van der Waals surface area (Å²) in [4.78, 5) is 50.7. The van der Waals surface area contributed by atoms with E-state index in [0.717, 1.165) is 0 Å². The Morgan fingerprint density at radius 1 is 0.322 bits per heavy atom. The van der Waals surface area contributed by atoms with Gasteiger partial charge in [-0.3, -0.25) is 19.2 Å². The molecule has 0 aliphatic carbocycles. The molecule has 0 amide bonds. The summed E-state index contributed by atoms with van der Waals surface area (Å²) in [5, 5.41) is 6.30. The number of nitrogens with one attached hydrogen (secondary N) is 2. The quantitative estimate of drug-likeness (QED) is 0.0260. The number of carbonyl (C=O) groups is 4. The lowest BCUT2D eigenvalue weighted by Gasteiger charge is -2.46. The third-order valence-electron chi connectivity index (χ3n) is 12.0. The zero-order valence-electron chi connectivity index (χ0n) is 58.3. The Morgan fingerprint density at radius 3 is 0.839 bits per heavy atom. The van der Waals surface area contributed by atoms with Gasteiger partial charge in [-0.1, -0.05) is 0 Å². The Bertz CT molecular complexity index is 2100. The van der Waals surface area contributed by atoms with Crippen molar-refractivity contribution in [1.82, 2.24) is 10.6 Å². The van der Waals surface area contributed by atoms with Gasteiger partial charge in [0, 0.05) is 67.8 Å². The number of hydrogen-bond acceptors (Lipinski definition) is 28. The van der Waals surface area contributed by atoms with Crippen molar-refractivity contribution in [3.05, 3.63) is 0 Å². The first-order chi connectivity index (χ1) is 39.4. The monoisotopic (exact) mass is 1470 g/mol. The minimum absolute atomic E-state index is 0.125. The molecule has 4 unspecified atom stereocenters. The molecule has 0 aromatic rings. The zero-order chi connectivity index (χ0) is 68.0. The van der Waals surface area contributed by atoms with Crippen LogP contribution in [0.3, 0.4) is 0 Å². The van der Waals surface area contributed by atoms with Crippen molar-refractivity contribution in [2.45, 2.75) is 195 Å². The first-order valence-corrected chi connectivity index (χ1v) is 62.8. The van der Waals surface area contributed by atoms with Gasteiger partial charge in [-0.2, -0.15) is 0 Å². The highest BCUT2D eigenvalue weighted by atomic mass is 28.5. The number of esters is 4. The summed E-state index contributed by atoms with van der Waals surface area (Å²) < 4.78 is 139. The third kappa shape index (κ3) is 34.8. The highest BCUT2D eigenvalue weighted by Gasteiger charge is 2.58. The predicted octanol–water partition coefficient (Wildman–Crippen LogP) is 7.34. The smallest absolute Gasteiger partial charge is 0.469 e. The minimum atomic E-state index is -3.88. The van der Waals surface area contributed by atoms with Gasteiger partial charge in [0.1, 0.15) is 12.1 Å². The molecule has 516 valence electrons. The maximum absolute atomic E-state index is 13.1. The Morgan fingerprint density at radius 2 is 0.586 bits per heavy atom. The van der Waals surface area contributed by atoms with Crippen LogP contribution in [0.15, 0.2) is 0 Å². The van der Waals surface area contributed by atoms with E-state index in [0.29, 0.717) is 12.8 Å². The van der Waals surface area contributed by atoms with Crippen LogP contribution in [0.4, 0.5) is 0 Å². The minimum Gasteiger partial charge on any atom is -0.469 e. The second kappa shape index (κ2) is 36.7. The predicted molar refractivity (Wildman–Crippen MR) is 356 cm³/mol. The highest BCUT2D eigenvalue weighted by Crippen LogP contribution is 2.35.